The number of halogens is 1. The fourth-order valence-electron chi connectivity index (χ4n) is 1.38. The fourth-order valence-corrected chi connectivity index (χ4v) is 1.64. The Kier molecular flexibility index (Phi) is 4.63. The van der Waals surface area contributed by atoms with Crippen molar-refractivity contribution in [3.05, 3.63) is 39.4 Å². The Balaban J connectivity index is 3.06. The number of rotatable bonds is 4. The van der Waals surface area contributed by atoms with E-state index in [0.29, 0.717) is 0 Å². The van der Waals surface area contributed by atoms with Gasteiger partial charge < -0.3 is 4.74 Å². The lowest BCUT2D eigenvalue weighted by atomic mass is 10.0. The maximum absolute atomic E-state index is 11.1. The van der Waals surface area contributed by atoms with E-state index < -0.39 is 16.3 Å². The Hall–Kier alpha value is -2.13. The van der Waals surface area contributed by atoms with Gasteiger partial charge in [-0.15, -0.1) is 11.6 Å². The SMILES string of the molecule is COC(=O)C(Cl)Cc1ccc(C#N)cc1[N+](=O)[O-]. The maximum atomic E-state index is 11.1. The first-order valence-electron chi connectivity index (χ1n) is 4.89. The molecule has 1 atom stereocenters. The van der Waals surface area contributed by atoms with Gasteiger partial charge in [0.1, 0.15) is 5.38 Å². The van der Waals surface area contributed by atoms with E-state index in [1.54, 1.807) is 0 Å². The quantitative estimate of drug-likeness (QED) is 0.359. The molecule has 18 heavy (non-hydrogen) atoms. The van der Waals surface area contributed by atoms with Crippen molar-refractivity contribution in [1.29, 1.82) is 5.26 Å². The third-order valence-electron chi connectivity index (χ3n) is 2.27. The van der Waals surface area contributed by atoms with E-state index >= 15 is 0 Å². The largest absolute Gasteiger partial charge is 0.468 e. The van der Waals surface area contributed by atoms with E-state index in [1.807, 2.05) is 6.07 Å². The summed E-state index contributed by atoms with van der Waals surface area (Å²) >= 11 is 5.75. The molecular formula is C11H9ClN2O4. The summed E-state index contributed by atoms with van der Waals surface area (Å²) in [4.78, 5) is 21.4. The second kappa shape index (κ2) is 5.98. The first-order valence-corrected chi connectivity index (χ1v) is 5.32. The molecular weight excluding hydrogens is 260 g/mol. The highest BCUT2D eigenvalue weighted by molar-refractivity contribution is 6.30. The van der Waals surface area contributed by atoms with Gasteiger partial charge in [-0.2, -0.15) is 5.26 Å². The second-order valence-electron chi connectivity index (χ2n) is 3.41. The Morgan fingerprint density at radius 3 is 2.83 bits per heavy atom. The number of hydrogen-bond acceptors (Lipinski definition) is 5. The predicted molar refractivity (Wildman–Crippen MR) is 63.2 cm³/mol. The maximum Gasteiger partial charge on any atom is 0.324 e. The number of ether oxygens (including phenoxy) is 1. The number of nitro benzene ring substituents is 1. The van der Waals surface area contributed by atoms with Crippen molar-refractivity contribution in [2.75, 3.05) is 7.11 Å². The number of nitro groups is 1. The van der Waals surface area contributed by atoms with Crippen LogP contribution in [0.4, 0.5) is 5.69 Å². The zero-order valence-electron chi connectivity index (χ0n) is 9.42. The number of carbonyl (C=O) groups excluding carboxylic acids is 1. The van der Waals surface area contributed by atoms with E-state index in [1.165, 1.54) is 19.2 Å². The smallest absolute Gasteiger partial charge is 0.324 e. The van der Waals surface area contributed by atoms with Crippen LogP contribution in [0.15, 0.2) is 18.2 Å². The van der Waals surface area contributed by atoms with Gasteiger partial charge >= 0.3 is 5.97 Å². The van der Waals surface area contributed by atoms with Crippen molar-refractivity contribution in [3.8, 4) is 6.07 Å². The molecule has 1 rings (SSSR count). The van der Waals surface area contributed by atoms with Crippen molar-refractivity contribution in [3.63, 3.8) is 0 Å². The summed E-state index contributed by atoms with van der Waals surface area (Å²) in [6.45, 7) is 0. The van der Waals surface area contributed by atoms with E-state index in [4.69, 9.17) is 16.9 Å². The highest BCUT2D eigenvalue weighted by Crippen LogP contribution is 2.23. The van der Waals surface area contributed by atoms with Gasteiger partial charge in [0.25, 0.3) is 5.69 Å². The fraction of sp³-hybridized carbons (Fsp3) is 0.273. The van der Waals surface area contributed by atoms with Gasteiger partial charge in [-0.25, -0.2) is 0 Å². The molecule has 1 unspecified atom stereocenters. The Labute approximate surface area is 108 Å². The normalized spacial score (nSPS) is 11.4. The van der Waals surface area contributed by atoms with Crippen LogP contribution < -0.4 is 0 Å². The van der Waals surface area contributed by atoms with E-state index in [9.17, 15) is 14.9 Å². The van der Waals surface area contributed by atoms with Gasteiger partial charge in [-0.3, -0.25) is 14.9 Å². The molecule has 6 nitrogen and oxygen atoms in total. The highest BCUT2D eigenvalue weighted by Gasteiger charge is 2.22. The van der Waals surface area contributed by atoms with Gasteiger partial charge in [-0.1, -0.05) is 6.07 Å². The van der Waals surface area contributed by atoms with Gasteiger partial charge in [0.2, 0.25) is 0 Å². The Bertz CT molecular complexity index is 524. The lowest BCUT2D eigenvalue weighted by molar-refractivity contribution is -0.385. The molecule has 0 amide bonds. The number of alkyl halides is 1. The van der Waals surface area contributed by atoms with Crippen LogP contribution in [0.5, 0.6) is 0 Å². The first-order chi connectivity index (χ1) is 8.49. The molecule has 0 heterocycles. The minimum absolute atomic E-state index is 0.0315. The summed E-state index contributed by atoms with van der Waals surface area (Å²) in [5.74, 6) is -0.657. The number of methoxy groups -OCH3 is 1. The molecule has 0 aromatic heterocycles. The molecule has 7 heteroatoms. The van der Waals surface area contributed by atoms with Crippen LogP contribution in [0.3, 0.4) is 0 Å². The van der Waals surface area contributed by atoms with Crippen LogP contribution in [0.25, 0.3) is 0 Å². The number of esters is 1. The zero-order valence-corrected chi connectivity index (χ0v) is 10.2. The highest BCUT2D eigenvalue weighted by atomic mass is 35.5. The van der Waals surface area contributed by atoms with Crippen LogP contribution in [0, 0.1) is 21.4 Å². The standard InChI is InChI=1S/C11H9ClN2O4/c1-18-11(15)9(12)5-8-3-2-7(6-13)4-10(8)14(16)17/h2-4,9H,5H2,1H3. The van der Waals surface area contributed by atoms with Gasteiger partial charge in [0.15, 0.2) is 0 Å². The molecule has 0 bridgehead atoms. The van der Waals surface area contributed by atoms with Crippen molar-refractivity contribution in [2.45, 2.75) is 11.8 Å². The number of carbonyl (C=O) groups is 1. The predicted octanol–water partition coefficient (Wildman–Crippen LogP) is 1.79. The average Bonchev–Trinajstić information content (AvgIpc) is 2.37. The minimum Gasteiger partial charge on any atom is -0.468 e. The third-order valence-corrected chi connectivity index (χ3v) is 2.60. The summed E-state index contributed by atoms with van der Waals surface area (Å²) in [6, 6.07) is 5.80. The second-order valence-corrected chi connectivity index (χ2v) is 3.93. The summed E-state index contributed by atoms with van der Waals surface area (Å²) in [6.07, 6.45) is -0.0315. The van der Waals surface area contributed by atoms with Crippen LogP contribution in [0.1, 0.15) is 11.1 Å². The number of nitriles is 1. The zero-order chi connectivity index (χ0) is 13.7. The summed E-state index contributed by atoms with van der Waals surface area (Å²) in [5.41, 5.74) is 0.225. The van der Waals surface area contributed by atoms with Gasteiger partial charge in [-0.05, 0) is 6.07 Å². The van der Waals surface area contributed by atoms with Crippen molar-refractivity contribution < 1.29 is 14.5 Å². The molecule has 0 saturated carbocycles. The van der Waals surface area contributed by atoms with Crippen molar-refractivity contribution in [2.24, 2.45) is 0 Å². The molecule has 0 radical (unpaired) electrons. The molecule has 94 valence electrons. The average molecular weight is 269 g/mol. The molecule has 0 aliphatic heterocycles. The van der Waals surface area contributed by atoms with Crippen LogP contribution in [0.2, 0.25) is 0 Å². The van der Waals surface area contributed by atoms with E-state index in [0.717, 1.165) is 6.07 Å². The molecule has 1 aromatic carbocycles. The van der Waals surface area contributed by atoms with E-state index in [-0.39, 0.29) is 23.2 Å². The third kappa shape index (κ3) is 3.18. The monoisotopic (exact) mass is 268 g/mol. The Morgan fingerprint density at radius 2 is 2.33 bits per heavy atom. The van der Waals surface area contributed by atoms with Crippen molar-refractivity contribution in [1.82, 2.24) is 0 Å². The molecule has 0 aliphatic carbocycles. The first kappa shape index (κ1) is 13.9. The molecule has 1 aromatic rings. The minimum atomic E-state index is -0.998. The van der Waals surface area contributed by atoms with Crippen LogP contribution >= 0.6 is 11.6 Å². The van der Waals surface area contributed by atoms with Crippen LogP contribution in [-0.2, 0) is 16.0 Å². The van der Waals surface area contributed by atoms with Crippen LogP contribution in [-0.4, -0.2) is 23.4 Å². The number of nitrogens with zero attached hydrogens (tertiary/aromatic N) is 2. The lowest BCUT2D eigenvalue weighted by Crippen LogP contribution is -2.19. The molecule has 0 spiro atoms. The van der Waals surface area contributed by atoms with E-state index in [2.05, 4.69) is 4.74 Å². The summed E-state index contributed by atoms with van der Waals surface area (Å²) in [7, 11) is 1.19. The number of hydrogen-bond donors (Lipinski definition) is 0. The molecule has 0 saturated heterocycles. The van der Waals surface area contributed by atoms with Gasteiger partial charge in [0, 0.05) is 18.1 Å². The molecule has 0 N–H and O–H groups in total. The topological polar surface area (TPSA) is 93.2 Å². The molecule has 0 fully saturated rings. The number of benzene rings is 1. The summed E-state index contributed by atoms with van der Waals surface area (Å²) < 4.78 is 4.44. The van der Waals surface area contributed by atoms with Crippen molar-refractivity contribution >= 4 is 23.3 Å². The van der Waals surface area contributed by atoms with Gasteiger partial charge in [0.05, 0.1) is 23.7 Å². The molecule has 0 aliphatic rings. The summed E-state index contributed by atoms with van der Waals surface area (Å²) in [5, 5.41) is 18.5. The Morgan fingerprint density at radius 1 is 1.67 bits per heavy atom. The lowest BCUT2D eigenvalue weighted by Gasteiger charge is -2.07.